The van der Waals surface area contributed by atoms with Crippen molar-refractivity contribution in [3.8, 4) is 11.5 Å². The average Bonchev–Trinajstić information content (AvgIpc) is 2.50. The van der Waals surface area contributed by atoms with E-state index in [1.165, 1.54) is 18.3 Å². The highest BCUT2D eigenvalue weighted by molar-refractivity contribution is 6.32. The molecule has 2 rings (SSSR count). The van der Waals surface area contributed by atoms with Gasteiger partial charge >= 0.3 is 0 Å². The van der Waals surface area contributed by atoms with Crippen molar-refractivity contribution >= 4 is 23.7 Å². The molecule has 1 amide bonds. The fourth-order valence-electron chi connectivity index (χ4n) is 1.84. The fraction of sp³-hybridized carbons (Fsp3) is 0.176. The molecule has 0 bridgehead atoms. The van der Waals surface area contributed by atoms with E-state index < -0.39 is 5.91 Å². The molecule has 0 aliphatic carbocycles. The molecule has 0 fully saturated rings. The van der Waals surface area contributed by atoms with Crippen molar-refractivity contribution in [2.75, 3.05) is 0 Å². The summed E-state index contributed by atoms with van der Waals surface area (Å²) in [7, 11) is 0. The van der Waals surface area contributed by atoms with Crippen molar-refractivity contribution in [1.82, 2.24) is 5.43 Å². The first-order valence-electron chi connectivity index (χ1n) is 7.05. The molecule has 0 heterocycles. The standard InChI is InChI=1S/C17H17ClN2O3/c1-11(2)23-16-8-7-12(9-14(16)18)10-19-20-17(22)13-5-3-4-6-15(13)21/h3-11,21H,1-2H3,(H,20,22)/b19-10-. The minimum Gasteiger partial charge on any atom is -0.507 e. The van der Waals surface area contributed by atoms with Crippen LogP contribution in [-0.2, 0) is 0 Å². The van der Waals surface area contributed by atoms with Crippen LogP contribution < -0.4 is 10.2 Å². The molecule has 2 aromatic rings. The van der Waals surface area contributed by atoms with E-state index in [0.717, 1.165) is 0 Å². The van der Waals surface area contributed by atoms with Gasteiger partial charge in [-0.2, -0.15) is 5.10 Å². The van der Waals surface area contributed by atoms with E-state index >= 15 is 0 Å². The summed E-state index contributed by atoms with van der Waals surface area (Å²) in [6, 6.07) is 11.5. The van der Waals surface area contributed by atoms with Crippen LogP contribution in [0, 0.1) is 0 Å². The summed E-state index contributed by atoms with van der Waals surface area (Å²) in [4.78, 5) is 11.9. The molecule has 2 N–H and O–H groups in total. The van der Waals surface area contributed by atoms with E-state index in [2.05, 4.69) is 10.5 Å². The zero-order valence-electron chi connectivity index (χ0n) is 12.8. The van der Waals surface area contributed by atoms with Gasteiger partial charge in [-0.1, -0.05) is 23.7 Å². The number of benzene rings is 2. The van der Waals surface area contributed by atoms with Crippen molar-refractivity contribution in [2.24, 2.45) is 5.10 Å². The number of ether oxygens (including phenoxy) is 1. The lowest BCUT2D eigenvalue weighted by molar-refractivity contribution is 0.0952. The minimum atomic E-state index is -0.495. The van der Waals surface area contributed by atoms with Crippen molar-refractivity contribution in [3.63, 3.8) is 0 Å². The Bertz CT molecular complexity index is 730. The molecule has 0 aliphatic heterocycles. The largest absolute Gasteiger partial charge is 0.507 e. The molecular weight excluding hydrogens is 316 g/mol. The minimum absolute atomic E-state index is 0.0323. The Morgan fingerprint density at radius 2 is 2.04 bits per heavy atom. The lowest BCUT2D eigenvalue weighted by Gasteiger charge is -2.11. The predicted octanol–water partition coefficient (Wildman–Crippen LogP) is 3.60. The number of phenolic OH excluding ortho intramolecular Hbond substituents is 1. The third-order valence-electron chi connectivity index (χ3n) is 2.85. The molecule has 0 saturated carbocycles. The van der Waals surface area contributed by atoms with E-state index in [1.807, 2.05) is 13.8 Å². The van der Waals surface area contributed by atoms with E-state index in [9.17, 15) is 9.90 Å². The first-order chi connectivity index (χ1) is 11.0. The van der Waals surface area contributed by atoms with Gasteiger partial charge < -0.3 is 9.84 Å². The Morgan fingerprint density at radius 3 is 2.70 bits per heavy atom. The van der Waals surface area contributed by atoms with Gasteiger partial charge in [-0.25, -0.2) is 5.43 Å². The second kappa shape index (κ2) is 7.65. The number of hydrazone groups is 1. The second-order valence-electron chi connectivity index (χ2n) is 5.07. The molecule has 0 aliphatic rings. The third kappa shape index (κ3) is 4.72. The van der Waals surface area contributed by atoms with Gasteiger partial charge in [0, 0.05) is 0 Å². The van der Waals surface area contributed by atoms with Crippen LogP contribution in [0.1, 0.15) is 29.8 Å². The molecule has 0 atom stereocenters. The molecule has 0 unspecified atom stereocenters. The number of carbonyl (C=O) groups excluding carboxylic acids is 1. The molecule has 6 heteroatoms. The zero-order chi connectivity index (χ0) is 16.8. The molecule has 5 nitrogen and oxygen atoms in total. The third-order valence-corrected chi connectivity index (χ3v) is 3.14. The molecular formula is C17H17ClN2O3. The Balaban J connectivity index is 2.02. The van der Waals surface area contributed by atoms with Crippen LogP contribution in [0.2, 0.25) is 5.02 Å². The summed E-state index contributed by atoms with van der Waals surface area (Å²) in [5.74, 6) is 0.000648. The first kappa shape index (κ1) is 16.8. The highest BCUT2D eigenvalue weighted by atomic mass is 35.5. The van der Waals surface area contributed by atoms with Crippen LogP contribution in [0.5, 0.6) is 11.5 Å². The highest BCUT2D eigenvalue weighted by Crippen LogP contribution is 2.25. The topological polar surface area (TPSA) is 70.9 Å². The number of rotatable bonds is 5. The van der Waals surface area contributed by atoms with Gasteiger partial charge in [0.25, 0.3) is 5.91 Å². The molecule has 0 saturated heterocycles. The molecule has 23 heavy (non-hydrogen) atoms. The maximum Gasteiger partial charge on any atom is 0.275 e. The summed E-state index contributed by atoms with van der Waals surface area (Å²) >= 11 is 6.12. The van der Waals surface area contributed by atoms with Crippen molar-refractivity contribution in [1.29, 1.82) is 0 Å². The number of hydrogen-bond donors (Lipinski definition) is 2. The number of carbonyl (C=O) groups is 1. The van der Waals surface area contributed by atoms with Crippen LogP contribution in [0.15, 0.2) is 47.6 Å². The molecule has 0 spiro atoms. The number of aromatic hydroxyl groups is 1. The SMILES string of the molecule is CC(C)Oc1ccc(/C=N\NC(=O)c2ccccc2O)cc1Cl. The van der Waals surface area contributed by atoms with E-state index in [4.69, 9.17) is 16.3 Å². The van der Waals surface area contributed by atoms with Crippen molar-refractivity contribution < 1.29 is 14.6 Å². The molecule has 120 valence electrons. The van der Waals surface area contributed by atoms with Crippen molar-refractivity contribution in [3.05, 3.63) is 58.6 Å². The summed E-state index contributed by atoms with van der Waals surface area (Å²) in [5, 5.41) is 13.9. The number of phenols is 1. The second-order valence-corrected chi connectivity index (χ2v) is 5.48. The zero-order valence-corrected chi connectivity index (χ0v) is 13.5. The fourth-order valence-corrected chi connectivity index (χ4v) is 2.07. The van der Waals surface area contributed by atoms with E-state index in [0.29, 0.717) is 16.3 Å². The maximum absolute atomic E-state index is 11.9. The number of para-hydroxylation sites is 1. The Labute approximate surface area is 139 Å². The first-order valence-corrected chi connectivity index (χ1v) is 7.43. The summed E-state index contributed by atoms with van der Waals surface area (Å²) in [6.45, 7) is 3.83. The Hall–Kier alpha value is -2.53. The van der Waals surface area contributed by atoms with Gasteiger partial charge in [0.1, 0.15) is 11.5 Å². The summed E-state index contributed by atoms with van der Waals surface area (Å²) in [5.41, 5.74) is 3.22. The number of nitrogens with one attached hydrogen (secondary N) is 1. The number of halogens is 1. The van der Waals surface area contributed by atoms with E-state index in [-0.39, 0.29) is 17.4 Å². The number of nitrogens with zero attached hydrogens (tertiary/aromatic N) is 1. The van der Waals surface area contributed by atoms with Gasteiger partial charge in [0.15, 0.2) is 0 Å². The van der Waals surface area contributed by atoms with E-state index in [1.54, 1.807) is 30.3 Å². The molecule has 0 radical (unpaired) electrons. The average molecular weight is 333 g/mol. The van der Waals surface area contributed by atoms with Crippen LogP contribution in [0.25, 0.3) is 0 Å². The smallest absolute Gasteiger partial charge is 0.275 e. The highest BCUT2D eigenvalue weighted by Gasteiger charge is 2.08. The quantitative estimate of drug-likeness (QED) is 0.649. The van der Waals surface area contributed by atoms with Crippen LogP contribution in [0.3, 0.4) is 0 Å². The van der Waals surface area contributed by atoms with Gasteiger partial charge in [0.05, 0.1) is 22.9 Å². The van der Waals surface area contributed by atoms with Crippen LogP contribution in [0.4, 0.5) is 0 Å². The predicted molar refractivity (Wildman–Crippen MR) is 90.4 cm³/mol. The van der Waals surface area contributed by atoms with Gasteiger partial charge in [-0.15, -0.1) is 0 Å². The number of hydrogen-bond acceptors (Lipinski definition) is 4. The molecule has 2 aromatic carbocycles. The Kier molecular flexibility index (Phi) is 5.60. The van der Waals surface area contributed by atoms with Gasteiger partial charge in [-0.3, -0.25) is 4.79 Å². The normalized spacial score (nSPS) is 11.0. The van der Waals surface area contributed by atoms with Gasteiger partial charge in [-0.05, 0) is 49.7 Å². The lowest BCUT2D eigenvalue weighted by atomic mass is 10.2. The Morgan fingerprint density at radius 1 is 1.30 bits per heavy atom. The van der Waals surface area contributed by atoms with Gasteiger partial charge in [0.2, 0.25) is 0 Å². The monoisotopic (exact) mass is 332 g/mol. The lowest BCUT2D eigenvalue weighted by Crippen LogP contribution is -2.17. The maximum atomic E-state index is 11.9. The van der Waals surface area contributed by atoms with Crippen LogP contribution >= 0.6 is 11.6 Å². The summed E-state index contributed by atoms with van der Waals surface area (Å²) in [6.07, 6.45) is 1.49. The number of amides is 1. The summed E-state index contributed by atoms with van der Waals surface area (Å²) < 4.78 is 5.54. The van der Waals surface area contributed by atoms with Crippen LogP contribution in [-0.4, -0.2) is 23.3 Å². The van der Waals surface area contributed by atoms with Crippen molar-refractivity contribution in [2.45, 2.75) is 20.0 Å². The molecule has 0 aromatic heterocycles.